The second-order valence-electron chi connectivity index (χ2n) is 4.92. The number of rotatable bonds is 5. The van der Waals surface area contributed by atoms with Crippen molar-refractivity contribution in [1.82, 2.24) is 4.98 Å². The molecule has 0 fully saturated rings. The van der Waals surface area contributed by atoms with Gasteiger partial charge in [-0.05, 0) is 51.5 Å². The Labute approximate surface area is 118 Å². The lowest BCUT2D eigenvalue weighted by atomic mass is 10.1. The molecule has 1 atom stereocenters. The summed E-state index contributed by atoms with van der Waals surface area (Å²) in [7, 11) is 0. The van der Waals surface area contributed by atoms with Crippen molar-refractivity contribution in [3.05, 3.63) is 40.3 Å². The van der Waals surface area contributed by atoms with E-state index in [2.05, 4.69) is 41.7 Å². The Hall–Kier alpha value is -1.55. The number of ether oxygens (including phenoxy) is 1. The van der Waals surface area contributed by atoms with E-state index in [4.69, 9.17) is 4.74 Å². The summed E-state index contributed by atoms with van der Waals surface area (Å²) < 4.78 is 5.69. The van der Waals surface area contributed by atoms with Crippen molar-refractivity contribution in [2.45, 2.75) is 39.8 Å². The van der Waals surface area contributed by atoms with Gasteiger partial charge in [0.2, 0.25) is 0 Å². The molecule has 0 radical (unpaired) electrons. The SMILES string of the molecule is Cc1cc(OC(C)C)ccc1NC(C)c1cscn1. The summed E-state index contributed by atoms with van der Waals surface area (Å²) in [5, 5.41) is 5.55. The van der Waals surface area contributed by atoms with Crippen LogP contribution in [0.1, 0.15) is 38.1 Å². The molecule has 1 aromatic carbocycles. The van der Waals surface area contributed by atoms with Crippen LogP contribution in [0.5, 0.6) is 5.75 Å². The van der Waals surface area contributed by atoms with Crippen LogP contribution < -0.4 is 10.1 Å². The zero-order valence-corrected chi connectivity index (χ0v) is 12.6. The lowest BCUT2D eigenvalue weighted by Crippen LogP contribution is -2.09. The van der Waals surface area contributed by atoms with Gasteiger partial charge in [-0.15, -0.1) is 11.3 Å². The first kappa shape index (κ1) is 13.9. The highest BCUT2D eigenvalue weighted by molar-refractivity contribution is 7.07. The molecule has 4 heteroatoms. The van der Waals surface area contributed by atoms with Gasteiger partial charge < -0.3 is 10.1 Å². The molecule has 0 aliphatic heterocycles. The van der Waals surface area contributed by atoms with Gasteiger partial charge in [0.15, 0.2) is 0 Å². The number of anilines is 1. The molecule has 1 unspecified atom stereocenters. The first-order valence-electron chi connectivity index (χ1n) is 6.48. The molecular weight excluding hydrogens is 256 g/mol. The Morgan fingerprint density at radius 2 is 2.05 bits per heavy atom. The third kappa shape index (κ3) is 3.70. The van der Waals surface area contributed by atoms with Crippen molar-refractivity contribution >= 4 is 17.0 Å². The van der Waals surface area contributed by atoms with Crippen molar-refractivity contribution in [3.8, 4) is 5.75 Å². The van der Waals surface area contributed by atoms with Crippen molar-refractivity contribution < 1.29 is 4.74 Å². The highest BCUT2D eigenvalue weighted by Crippen LogP contribution is 2.26. The minimum absolute atomic E-state index is 0.201. The van der Waals surface area contributed by atoms with E-state index in [0.717, 1.165) is 17.1 Å². The number of benzene rings is 1. The quantitative estimate of drug-likeness (QED) is 0.878. The summed E-state index contributed by atoms with van der Waals surface area (Å²) in [6.45, 7) is 8.27. The smallest absolute Gasteiger partial charge is 0.120 e. The monoisotopic (exact) mass is 276 g/mol. The minimum atomic E-state index is 0.201. The van der Waals surface area contributed by atoms with Gasteiger partial charge in [-0.1, -0.05) is 0 Å². The average Bonchev–Trinajstić information content (AvgIpc) is 2.85. The Morgan fingerprint density at radius 3 is 2.63 bits per heavy atom. The summed E-state index contributed by atoms with van der Waals surface area (Å²) in [6, 6.07) is 6.34. The predicted octanol–water partition coefficient (Wildman–Crippen LogP) is 4.41. The van der Waals surface area contributed by atoms with Crippen LogP contribution in [0.25, 0.3) is 0 Å². The molecule has 1 N–H and O–H groups in total. The summed E-state index contributed by atoms with van der Waals surface area (Å²) in [5.74, 6) is 0.916. The van der Waals surface area contributed by atoms with E-state index in [0.29, 0.717) is 0 Å². The number of aryl methyl sites for hydroxylation is 1. The maximum atomic E-state index is 5.69. The van der Waals surface area contributed by atoms with Gasteiger partial charge in [-0.2, -0.15) is 0 Å². The number of nitrogens with one attached hydrogen (secondary N) is 1. The highest BCUT2D eigenvalue weighted by Gasteiger charge is 2.09. The third-order valence-corrected chi connectivity index (χ3v) is 3.44. The molecule has 0 spiro atoms. The van der Waals surface area contributed by atoms with Crippen LogP contribution in [-0.2, 0) is 0 Å². The highest BCUT2D eigenvalue weighted by atomic mass is 32.1. The minimum Gasteiger partial charge on any atom is -0.491 e. The lowest BCUT2D eigenvalue weighted by molar-refractivity contribution is 0.242. The van der Waals surface area contributed by atoms with Crippen LogP contribution in [0.2, 0.25) is 0 Å². The van der Waals surface area contributed by atoms with Crippen molar-refractivity contribution in [2.24, 2.45) is 0 Å². The van der Waals surface area contributed by atoms with E-state index in [-0.39, 0.29) is 12.1 Å². The second-order valence-corrected chi connectivity index (χ2v) is 5.64. The Morgan fingerprint density at radius 1 is 1.26 bits per heavy atom. The molecule has 2 rings (SSSR count). The molecule has 0 aliphatic carbocycles. The molecule has 19 heavy (non-hydrogen) atoms. The number of nitrogens with zero attached hydrogens (tertiary/aromatic N) is 1. The fraction of sp³-hybridized carbons (Fsp3) is 0.400. The van der Waals surface area contributed by atoms with E-state index < -0.39 is 0 Å². The van der Waals surface area contributed by atoms with E-state index in [1.54, 1.807) is 11.3 Å². The Balaban J connectivity index is 2.09. The van der Waals surface area contributed by atoms with E-state index in [1.807, 2.05) is 25.4 Å². The van der Waals surface area contributed by atoms with E-state index >= 15 is 0 Å². The summed E-state index contributed by atoms with van der Waals surface area (Å²) in [6.07, 6.45) is 0.201. The molecule has 2 aromatic rings. The fourth-order valence-electron chi connectivity index (χ4n) is 1.89. The van der Waals surface area contributed by atoms with E-state index in [1.165, 1.54) is 5.56 Å². The number of thiazole rings is 1. The van der Waals surface area contributed by atoms with Crippen LogP contribution in [0.3, 0.4) is 0 Å². The Bertz CT molecular complexity index is 523. The van der Waals surface area contributed by atoms with Gasteiger partial charge in [0, 0.05) is 11.1 Å². The first-order valence-corrected chi connectivity index (χ1v) is 7.42. The van der Waals surface area contributed by atoms with Crippen molar-refractivity contribution in [2.75, 3.05) is 5.32 Å². The number of hydrogen-bond acceptors (Lipinski definition) is 4. The Kier molecular flexibility index (Phi) is 4.43. The largest absolute Gasteiger partial charge is 0.491 e. The molecule has 0 bridgehead atoms. The first-order chi connectivity index (χ1) is 9.06. The van der Waals surface area contributed by atoms with Crippen LogP contribution in [0.4, 0.5) is 5.69 Å². The van der Waals surface area contributed by atoms with Crippen molar-refractivity contribution in [3.63, 3.8) is 0 Å². The summed E-state index contributed by atoms with van der Waals surface area (Å²) in [5.41, 5.74) is 5.24. The molecule has 0 saturated carbocycles. The van der Waals surface area contributed by atoms with Gasteiger partial charge in [-0.3, -0.25) is 0 Å². The van der Waals surface area contributed by atoms with Crippen molar-refractivity contribution in [1.29, 1.82) is 0 Å². The summed E-state index contributed by atoms with van der Waals surface area (Å²) in [4.78, 5) is 4.33. The van der Waals surface area contributed by atoms with Crippen LogP contribution >= 0.6 is 11.3 Å². The maximum absolute atomic E-state index is 5.69. The van der Waals surface area contributed by atoms with Gasteiger partial charge in [0.25, 0.3) is 0 Å². The molecule has 0 amide bonds. The lowest BCUT2D eigenvalue weighted by Gasteiger charge is -2.17. The zero-order chi connectivity index (χ0) is 13.8. The third-order valence-electron chi connectivity index (χ3n) is 2.84. The number of hydrogen-bond donors (Lipinski definition) is 1. The standard InChI is InChI=1S/C15H20N2OS/c1-10(2)18-13-5-6-14(11(3)7-13)17-12(4)15-8-19-9-16-15/h5-10,12,17H,1-4H3. The van der Waals surface area contributed by atoms with Crippen LogP contribution in [0, 0.1) is 6.92 Å². The van der Waals surface area contributed by atoms with Gasteiger partial charge >= 0.3 is 0 Å². The van der Waals surface area contributed by atoms with Crippen LogP contribution in [0.15, 0.2) is 29.1 Å². The van der Waals surface area contributed by atoms with Gasteiger partial charge in [0.05, 0.1) is 23.4 Å². The topological polar surface area (TPSA) is 34.1 Å². The number of aromatic nitrogens is 1. The molecule has 1 heterocycles. The fourth-order valence-corrected chi connectivity index (χ4v) is 2.53. The molecule has 1 aromatic heterocycles. The van der Waals surface area contributed by atoms with Crippen LogP contribution in [-0.4, -0.2) is 11.1 Å². The molecule has 102 valence electrons. The van der Waals surface area contributed by atoms with E-state index in [9.17, 15) is 0 Å². The second kappa shape index (κ2) is 6.06. The average molecular weight is 276 g/mol. The molecule has 3 nitrogen and oxygen atoms in total. The normalized spacial score (nSPS) is 12.5. The molecule has 0 aliphatic rings. The summed E-state index contributed by atoms with van der Waals surface area (Å²) >= 11 is 1.62. The molecule has 0 saturated heterocycles. The predicted molar refractivity (Wildman–Crippen MR) is 81.1 cm³/mol. The molecular formula is C15H20N2OS. The zero-order valence-electron chi connectivity index (χ0n) is 11.8. The van der Waals surface area contributed by atoms with Gasteiger partial charge in [-0.25, -0.2) is 4.98 Å². The van der Waals surface area contributed by atoms with Gasteiger partial charge in [0.1, 0.15) is 5.75 Å². The maximum Gasteiger partial charge on any atom is 0.120 e.